The minimum absolute atomic E-state index is 0. The first kappa shape index (κ1) is 25.6. The van der Waals surface area contributed by atoms with E-state index in [4.69, 9.17) is 9.15 Å². The first-order valence-corrected chi connectivity index (χ1v) is 12.6. The molecule has 6 nitrogen and oxygen atoms in total. The number of furan rings is 1. The average Bonchev–Trinajstić information content (AvgIpc) is 3.58. The molecular weight excluding hydrogens is 679 g/mol. The quantitative estimate of drug-likeness (QED) is 0.164. The van der Waals surface area contributed by atoms with Crippen LogP contribution in [0.5, 0.6) is 11.5 Å². The van der Waals surface area contributed by atoms with Crippen LogP contribution in [0.15, 0.2) is 120 Å². The van der Waals surface area contributed by atoms with E-state index in [1.165, 1.54) is 0 Å². The van der Waals surface area contributed by atoms with Gasteiger partial charge in [0.1, 0.15) is 11.4 Å². The Morgan fingerprint density at radius 1 is 0.825 bits per heavy atom. The second-order valence-electron chi connectivity index (χ2n) is 9.09. The van der Waals surface area contributed by atoms with Gasteiger partial charge in [-0.25, -0.2) is 10.1 Å². The van der Waals surface area contributed by atoms with E-state index in [1.54, 1.807) is 10.9 Å². The molecule has 0 bridgehead atoms. The van der Waals surface area contributed by atoms with Crippen molar-refractivity contribution in [2.75, 3.05) is 4.90 Å². The summed E-state index contributed by atoms with van der Waals surface area (Å²) in [5, 5.41) is 6.53. The van der Waals surface area contributed by atoms with E-state index < -0.39 is 0 Å². The number of hydrogen-bond donors (Lipinski definition) is 0. The van der Waals surface area contributed by atoms with Crippen molar-refractivity contribution < 1.29 is 30.2 Å². The summed E-state index contributed by atoms with van der Waals surface area (Å²) >= 11 is 0. The molecule has 0 aliphatic heterocycles. The van der Waals surface area contributed by atoms with Crippen molar-refractivity contribution in [1.29, 1.82) is 0 Å². The number of ether oxygens (including phenoxy) is 1. The zero-order valence-electron chi connectivity index (χ0n) is 21.4. The fourth-order valence-corrected chi connectivity index (χ4v) is 4.70. The first-order valence-electron chi connectivity index (χ1n) is 12.6. The average molecular weight is 702 g/mol. The van der Waals surface area contributed by atoms with Crippen LogP contribution in [0, 0.1) is 12.1 Å². The number of pyridine rings is 1. The molecule has 0 fully saturated rings. The Morgan fingerprint density at radius 3 is 2.45 bits per heavy atom. The molecule has 7 heteroatoms. The van der Waals surface area contributed by atoms with Gasteiger partial charge in [-0.2, -0.15) is 6.07 Å². The smallest absolute Gasteiger partial charge is 0.499 e. The molecule has 0 aliphatic rings. The molecular formula is C33H22N4O2Pt. The van der Waals surface area contributed by atoms with E-state index >= 15 is 0 Å². The van der Waals surface area contributed by atoms with E-state index in [-0.39, 0.29) is 21.1 Å². The van der Waals surface area contributed by atoms with E-state index in [0.29, 0.717) is 17.1 Å². The number of hydrogen-bond acceptors (Lipinski definition) is 5. The molecule has 7 aromatic rings. The van der Waals surface area contributed by atoms with Crippen molar-refractivity contribution in [3.05, 3.63) is 128 Å². The number of benzene rings is 4. The Kier molecular flexibility index (Phi) is 6.93. The number of fused-ring (bicyclic) bond motifs is 3. The number of aromatic nitrogens is 3. The molecule has 0 amide bonds. The zero-order valence-corrected chi connectivity index (χ0v) is 23.7. The zero-order chi connectivity index (χ0) is 26.2. The molecule has 0 spiro atoms. The molecule has 4 aromatic carbocycles. The number of nitrogens with zero attached hydrogens (tertiary/aromatic N) is 4. The second kappa shape index (κ2) is 10.8. The van der Waals surface area contributed by atoms with Gasteiger partial charge in [0.05, 0.1) is 11.3 Å². The van der Waals surface area contributed by atoms with E-state index in [2.05, 4.69) is 28.3 Å². The third-order valence-corrected chi connectivity index (χ3v) is 6.47. The molecule has 0 unspecified atom stereocenters. The molecule has 0 saturated carbocycles. The monoisotopic (exact) mass is 701 g/mol. The molecule has 0 radical (unpaired) electrons. The van der Waals surface area contributed by atoms with Gasteiger partial charge < -0.3 is 14.1 Å². The molecule has 196 valence electrons. The Balaban J connectivity index is 0.00000289. The van der Waals surface area contributed by atoms with Crippen LogP contribution in [0.1, 0.15) is 0 Å². The van der Waals surface area contributed by atoms with Crippen LogP contribution in [0.4, 0.5) is 17.2 Å². The van der Waals surface area contributed by atoms with Gasteiger partial charge in [0.25, 0.3) is 0 Å². The molecule has 0 aliphatic carbocycles. The minimum Gasteiger partial charge on any atom is -0.499 e. The Hall–Kier alpha value is -4.67. The van der Waals surface area contributed by atoms with Gasteiger partial charge in [-0.05, 0) is 30.3 Å². The van der Waals surface area contributed by atoms with Crippen molar-refractivity contribution in [2.45, 2.75) is 0 Å². The third kappa shape index (κ3) is 4.78. The Labute approximate surface area is 245 Å². The molecule has 3 heterocycles. The maximum atomic E-state index is 6.47. The van der Waals surface area contributed by atoms with Crippen molar-refractivity contribution in [3.63, 3.8) is 0 Å². The summed E-state index contributed by atoms with van der Waals surface area (Å²) in [6, 6.07) is 40.5. The number of rotatable bonds is 6. The van der Waals surface area contributed by atoms with Crippen molar-refractivity contribution >= 4 is 39.1 Å². The number of anilines is 3. The van der Waals surface area contributed by atoms with E-state index in [0.717, 1.165) is 44.8 Å². The van der Waals surface area contributed by atoms with Crippen molar-refractivity contribution in [3.8, 4) is 22.8 Å². The molecule has 3 aromatic heterocycles. The largest absolute Gasteiger partial charge is 2.00 e. The van der Waals surface area contributed by atoms with Crippen LogP contribution in [-0.2, 0) is 28.1 Å². The second-order valence-corrected chi connectivity index (χ2v) is 9.09. The fraction of sp³-hybridized carbons (Fsp3) is 0.0303. The minimum atomic E-state index is 0. The summed E-state index contributed by atoms with van der Waals surface area (Å²) < 4.78 is 14.5. The van der Waals surface area contributed by atoms with Gasteiger partial charge in [-0.1, -0.05) is 65.7 Å². The number of para-hydroxylation sites is 2. The molecule has 7 rings (SSSR count). The van der Waals surface area contributed by atoms with Crippen LogP contribution >= 0.6 is 0 Å². The Morgan fingerprint density at radius 2 is 1.65 bits per heavy atom. The van der Waals surface area contributed by atoms with E-state index in [1.807, 2.05) is 115 Å². The summed E-state index contributed by atoms with van der Waals surface area (Å²) in [6.45, 7) is 0. The van der Waals surface area contributed by atoms with Gasteiger partial charge >= 0.3 is 21.1 Å². The molecule has 0 atom stereocenters. The predicted octanol–water partition coefficient (Wildman–Crippen LogP) is 8.24. The van der Waals surface area contributed by atoms with Crippen LogP contribution in [0.25, 0.3) is 33.2 Å². The van der Waals surface area contributed by atoms with Crippen molar-refractivity contribution in [1.82, 2.24) is 14.8 Å². The summed E-state index contributed by atoms with van der Waals surface area (Å²) in [6.07, 6.45) is 3.69. The third-order valence-electron chi connectivity index (χ3n) is 6.47. The number of aryl methyl sites for hydroxylation is 1. The standard InChI is InChI=1S/C33H22N4O2.Pt/c1-36-19-17-29(35-36)23-20-28-27-14-5-6-15-30(27)39-33(28)31(21-23)38-26-13-9-12-25(22-26)37(24-10-3-2-4-11-24)32-16-7-8-18-34-32;/h2-20H,1H3;/q-2;+2. The maximum Gasteiger partial charge on any atom is 2.00 e. The SMILES string of the molecule is Cn1ccc(-c2[c-]c(Oc3[c-]c(N(c4ccccc4)c4ccccn4)ccc3)c3oc4ccccc4c3c2)n1.[Pt+2]. The van der Waals surface area contributed by atoms with Gasteiger partial charge in [0.15, 0.2) is 0 Å². The fourth-order valence-electron chi connectivity index (χ4n) is 4.70. The van der Waals surface area contributed by atoms with Crippen LogP contribution < -0.4 is 9.64 Å². The Bertz CT molecular complexity index is 1880. The van der Waals surface area contributed by atoms with E-state index in [9.17, 15) is 0 Å². The van der Waals surface area contributed by atoms with Gasteiger partial charge in [0.2, 0.25) is 0 Å². The van der Waals surface area contributed by atoms with Gasteiger partial charge in [-0.3, -0.25) is 4.68 Å². The van der Waals surface area contributed by atoms with Crippen molar-refractivity contribution in [2.24, 2.45) is 7.05 Å². The first-order chi connectivity index (χ1) is 19.2. The molecule has 40 heavy (non-hydrogen) atoms. The normalized spacial score (nSPS) is 10.9. The molecule has 0 N–H and O–H groups in total. The topological polar surface area (TPSA) is 56.3 Å². The summed E-state index contributed by atoms with van der Waals surface area (Å²) in [5.41, 5.74) is 4.79. The van der Waals surface area contributed by atoms with Gasteiger partial charge in [0, 0.05) is 42.0 Å². The van der Waals surface area contributed by atoms with Crippen LogP contribution in [-0.4, -0.2) is 14.8 Å². The summed E-state index contributed by atoms with van der Waals surface area (Å²) in [5.74, 6) is 1.78. The predicted molar refractivity (Wildman–Crippen MR) is 153 cm³/mol. The van der Waals surface area contributed by atoms with Crippen LogP contribution in [0.3, 0.4) is 0 Å². The molecule has 0 saturated heterocycles. The van der Waals surface area contributed by atoms with Crippen LogP contribution in [0.2, 0.25) is 0 Å². The maximum absolute atomic E-state index is 6.47. The van der Waals surface area contributed by atoms with Gasteiger partial charge in [-0.15, -0.1) is 29.8 Å². The summed E-state index contributed by atoms with van der Waals surface area (Å²) in [7, 11) is 1.90. The summed E-state index contributed by atoms with van der Waals surface area (Å²) in [4.78, 5) is 6.63.